The average molecular weight is 295 g/mol. The first-order valence-corrected chi connectivity index (χ1v) is 7.83. The number of ether oxygens (including phenoxy) is 1. The van der Waals surface area contributed by atoms with Gasteiger partial charge in [-0.15, -0.1) is 0 Å². The molecule has 114 valence electrons. The smallest absolute Gasteiger partial charge is 0.323 e. The van der Waals surface area contributed by atoms with Crippen molar-refractivity contribution in [2.45, 2.75) is 25.4 Å². The summed E-state index contributed by atoms with van der Waals surface area (Å²) >= 11 is 0. The fraction of sp³-hybridized carbons (Fsp3) is 0.316. The molecule has 1 aliphatic heterocycles. The van der Waals surface area contributed by atoms with E-state index in [-0.39, 0.29) is 18.1 Å². The van der Waals surface area contributed by atoms with Crippen molar-refractivity contribution in [3.05, 3.63) is 71.8 Å². The lowest BCUT2D eigenvalue weighted by Gasteiger charge is -2.44. The van der Waals surface area contributed by atoms with Crippen LogP contribution in [-0.2, 0) is 9.53 Å². The molecule has 1 fully saturated rings. The van der Waals surface area contributed by atoms with E-state index in [0.29, 0.717) is 6.61 Å². The van der Waals surface area contributed by atoms with E-state index in [0.717, 1.165) is 13.0 Å². The van der Waals surface area contributed by atoms with Crippen LogP contribution in [0.2, 0.25) is 0 Å². The van der Waals surface area contributed by atoms with Gasteiger partial charge in [0.25, 0.3) is 0 Å². The molecule has 1 heterocycles. The van der Waals surface area contributed by atoms with Crippen molar-refractivity contribution in [3.8, 4) is 0 Å². The van der Waals surface area contributed by atoms with Crippen LogP contribution in [0.5, 0.6) is 0 Å². The van der Waals surface area contributed by atoms with Crippen LogP contribution in [0.1, 0.15) is 30.5 Å². The molecule has 3 nitrogen and oxygen atoms in total. The van der Waals surface area contributed by atoms with Gasteiger partial charge in [-0.3, -0.25) is 9.69 Å². The van der Waals surface area contributed by atoms with E-state index < -0.39 is 0 Å². The maximum absolute atomic E-state index is 12.1. The van der Waals surface area contributed by atoms with Crippen molar-refractivity contribution in [3.63, 3.8) is 0 Å². The van der Waals surface area contributed by atoms with Crippen molar-refractivity contribution < 1.29 is 9.53 Å². The Balaban J connectivity index is 1.91. The van der Waals surface area contributed by atoms with Crippen molar-refractivity contribution in [2.24, 2.45) is 0 Å². The normalized spacial score (nSPS) is 18.0. The van der Waals surface area contributed by atoms with E-state index in [4.69, 9.17) is 4.74 Å². The molecule has 3 rings (SSSR count). The van der Waals surface area contributed by atoms with Crippen LogP contribution >= 0.6 is 0 Å². The molecule has 3 heteroatoms. The minimum absolute atomic E-state index is 0.102. The van der Waals surface area contributed by atoms with Gasteiger partial charge in [-0.1, -0.05) is 60.7 Å². The third kappa shape index (κ3) is 2.90. The van der Waals surface area contributed by atoms with Crippen molar-refractivity contribution >= 4 is 5.97 Å². The largest absolute Gasteiger partial charge is 0.465 e. The predicted molar refractivity (Wildman–Crippen MR) is 86.5 cm³/mol. The highest BCUT2D eigenvalue weighted by Gasteiger charge is 2.40. The zero-order valence-electron chi connectivity index (χ0n) is 12.8. The van der Waals surface area contributed by atoms with E-state index in [2.05, 4.69) is 29.2 Å². The van der Waals surface area contributed by atoms with Crippen LogP contribution in [0.25, 0.3) is 0 Å². The number of nitrogens with zero attached hydrogens (tertiary/aromatic N) is 1. The second-order valence-electron chi connectivity index (χ2n) is 5.52. The molecule has 0 spiro atoms. The van der Waals surface area contributed by atoms with Gasteiger partial charge >= 0.3 is 5.97 Å². The quantitative estimate of drug-likeness (QED) is 0.792. The van der Waals surface area contributed by atoms with Crippen LogP contribution in [0.15, 0.2) is 60.7 Å². The number of hydrogen-bond donors (Lipinski definition) is 0. The van der Waals surface area contributed by atoms with Gasteiger partial charge in [0, 0.05) is 6.54 Å². The fourth-order valence-corrected chi connectivity index (χ4v) is 3.05. The Morgan fingerprint density at radius 2 is 1.64 bits per heavy atom. The van der Waals surface area contributed by atoms with Gasteiger partial charge in [-0.2, -0.15) is 0 Å². The van der Waals surface area contributed by atoms with E-state index >= 15 is 0 Å². The summed E-state index contributed by atoms with van der Waals surface area (Å²) in [6, 6.07) is 20.7. The Labute approximate surface area is 131 Å². The summed E-state index contributed by atoms with van der Waals surface area (Å²) < 4.78 is 5.22. The number of rotatable bonds is 5. The molecule has 1 unspecified atom stereocenters. The first-order chi connectivity index (χ1) is 10.8. The SMILES string of the molecule is CCOC(=O)C1CCN1C(c1ccccc1)c1ccccc1. The predicted octanol–water partition coefficient (Wildman–Crippen LogP) is 3.41. The lowest BCUT2D eigenvalue weighted by atomic mass is 9.90. The third-order valence-corrected chi connectivity index (χ3v) is 4.18. The lowest BCUT2D eigenvalue weighted by Crippen LogP contribution is -2.54. The van der Waals surface area contributed by atoms with Gasteiger partial charge in [-0.05, 0) is 24.5 Å². The zero-order valence-corrected chi connectivity index (χ0v) is 12.8. The summed E-state index contributed by atoms with van der Waals surface area (Å²) in [6.07, 6.45) is 0.870. The van der Waals surface area contributed by atoms with E-state index in [1.54, 1.807) is 0 Å². The minimum atomic E-state index is -0.134. The van der Waals surface area contributed by atoms with E-state index in [1.807, 2.05) is 43.3 Å². The monoisotopic (exact) mass is 295 g/mol. The molecule has 0 aromatic heterocycles. The molecule has 2 aromatic rings. The Kier molecular flexibility index (Phi) is 4.54. The van der Waals surface area contributed by atoms with Gasteiger partial charge in [0.15, 0.2) is 0 Å². The first-order valence-electron chi connectivity index (χ1n) is 7.83. The molecule has 0 amide bonds. The maximum atomic E-state index is 12.1. The molecular weight excluding hydrogens is 274 g/mol. The van der Waals surface area contributed by atoms with Crippen molar-refractivity contribution in [1.82, 2.24) is 4.90 Å². The summed E-state index contributed by atoms with van der Waals surface area (Å²) in [5.41, 5.74) is 2.42. The summed E-state index contributed by atoms with van der Waals surface area (Å²) in [5.74, 6) is -0.106. The van der Waals surface area contributed by atoms with Gasteiger partial charge < -0.3 is 4.74 Å². The first kappa shape index (κ1) is 14.8. The highest BCUT2D eigenvalue weighted by atomic mass is 16.5. The second kappa shape index (κ2) is 6.75. The number of carbonyl (C=O) groups excluding carboxylic acids is 1. The zero-order chi connectivity index (χ0) is 15.4. The van der Waals surface area contributed by atoms with Crippen molar-refractivity contribution in [2.75, 3.05) is 13.2 Å². The molecule has 0 N–H and O–H groups in total. The molecule has 0 aliphatic carbocycles. The number of hydrogen-bond acceptors (Lipinski definition) is 3. The van der Waals surface area contributed by atoms with Crippen LogP contribution in [-0.4, -0.2) is 30.1 Å². The highest BCUT2D eigenvalue weighted by Crippen LogP contribution is 2.36. The molecule has 0 saturated carbocycles. The molecule has 1 aliphatic rings. The number of carbonyl (C=O) groups is 1. The van der Waals surface area contributed by atoms with Crippen LogP contribution in [0, 0.1) is 0 Å². The molecule has 22 heavy (non-hydrogen) atoms. The van der Waals surface area contributed by atoms with Crippen LogP contribution in [0.3, 0.4) is 0 Å². The number of likely N-dealkylation sites (tertiary alicyclic amines) is 1. The molecule has 0 bridgehead atoms. The van der Waals surface area contributed by atoms with E-state index in [9.17, 15) is 4.79 Å². The Bertz CT molecular complexity index is 572. The third-order valence-electron chi connectivity index (χ3n) is 4.18. The minimum Gasteiger partial charge on any atom is -0.465 e. The number of benzene rings is 2. The van der Waals surface area contributed by atoms with Gasteiger partial charge in [0.1, 0.15) is 6.04 Å². The van der Waals surface area contributed by atoms with Crippen molar-refractivity contribution in [1.29, 1.82) is 0 Å². The molecule has 2 aromatic carbocycles. The van der Waals surface area contributed by atoms with Crippen LogP contribution < -0.4 is 0 Å². The summed E-state index contributed by atoms with van der Waals surface area (Å²) in [5, 5.41) is 0. The highest BCUT2D eigenvalue weighted by molar-refractivity contribution is 5.77. The Morgan fingerprint density at radius 3 is 2.05 bits per heavy atom. The standard InChI is InChI=1S/C19H21NO2/c1-2-22-19(21)17-13-14-20(17)18(15-9-5-3-6-10-15)16-11-7-4-8-12-16/h3-12,17-18H,2,13-14H2,1H3. The molecule has 1 saturated heterocycles. The topological polar surface area (TPSA) is 29.5 Å². The Morgan fingerprint density at radius 1 is 1.09 bits per heavy atom. The summed E-state index contributed by atoms with van der Waals surface area (Å²) in [7, 11) is 0. The second-order valence-corrected chi connectivity index (χ2v) is 5.52. The number of esters is 1. The fourth-order valence-electron chi connectivity index (χ4n) is 3.05. The molecule has 1 atom stereocenters. The van der Waals surface area contributed by atoms with Gasteiger partial charge in [0.2, 0.25) is 0 Å². The molecule has 0 radical (unpaired) electrons. The Hall–Kier alpha value is -2.13. The summed E-state index contributed by atoms with van der Waals surface area (Å²) in [4.78, 5) is 14.4. The maximum Gasteiger partial charge on any atom is 0.323 e. The lowest BCUT2D eigenvalue weighted by molar-refractivity contribution is -0.155. The van der Waals surface area contributed by atoms with Crippen LogP contribution in [0.4, 0.5) is 0 Å². The average Bonchev–Trinajstić information content (AvgIpc) is 2.53. The summed E-state index contributed by atoms with van der Waals surface area (Å²) in [6.45, 7) is 3.20. The van der Waals surface area contributed by atoms with E-state index in [1.165, 1.54) is 11.1 Å². The molecular formula is C19H21NO2. The van der Waals surface area contributed by atoms with Gasteiger partial charge in [0.05, 0.1) is 12.6 Å². The van der Waals surface area contributed by atoms with Gasteiger partial charge in [-0.25, -0.2) is 0 Å².